The van der Waals surface area contributed by atoms with E-state index >= 15 is 4.79 Å². The van der Waals surface area contributed by atoms with Crippen molar-refractivity contribution in [3.63, 3.8) is 0 Å². The van der Waals surface area contributed by atoms with Crippen LogP contribution in [0.25, 0.3) is 0 Å². The molecule has 260 valence electrons. The largest absolute Gasteiger partial charge is 0.497 e. The number of rotatable bonds is 6. The van der Waals surface area contributed by atoms with Gasteiger partial charge in [-0.3, -0.25) is 19.2 Å². The number of ether oxygens (including phenoxy) is 3. The van der Waals surface area contributed by atoms with Gasteiger partial charge in [0.2, 0.25) is 11.8 Å². The SMILES string of the molecule is COc1ccc(N2C/C=C\CCC(=O)N[C@@H](C)[C@H](c3ccccc3)OC(=O)[C@H]3[C@@H]4O[C@@]5(C=C4Br)[C@@H]3C(=O)N([C@@H](CO)C(C)C)[C@@H]5C2=O)cc1. The minimum atomic E-state index is -1.52. The second-order valence-corrected chi connectivity index (χ2v) is 14.3. The van der Waals surface area contributed by atoms with Crippen LogP contribution in [0.3, 0.4) is 0 Å². The number of fused-ring (bicyclic) bond motifs is 2. The number of anilines is 1. The molecule has 5 bridgehead atoms. The molecule has 49 heavy (non-hydrogen) atoms. The van der Waals surface area contributed by atoms with Crippen LogP contribution >= 0.6 is 15.9 Å². The van der Waals surface area contributed by atoms with Crippen LogP contribution in [0, 0.1) is 17.8 Å². The molecule has 0 aliphatic carbocycles. The van der Waals surface area contributed by atoms with E-state index in [0.29, 0.717) is 27.9 Å². The second-order valence-electron chi connectivity index (χ2n) is 13.3. The summed E-state index contributed by atoms with van der Waals surface area (Å²) >= 11 is 3.60. The number of likely N-dealkylation sites (tertiary alicyclic amines) is 1. The highest BCUT2D eigenvalue weighted by Gasteiger charge is 2.75. The topological polar surface area (TPSA) is 135 Å². The van der Waals surface area contributed by atoms with Crippen LogP contribution in [0.15, 0.2) is 77.3 Å². The van der Waals surface area contributed by atoms with Crippen molar-refractivity contribution in [3.8, 4) is 5.75 Å². The van der Waals surface area contributed by atoms with Crippen LogP contribution in [0.5, 0.6) is 5.75 Å². The molecule has 4 heterocycles. The minimum absolute atomic E-state index is 0.129. The molecular weight excluding hydrogens is 694 g/mol. The molecule has 3 amide bonds. The number of nitrogens with one attached hydrogen (secondary N) is 1. The molecule has 4 aliphatic heterocycles. The third-order valence-electron chi connectivity index (χ3n) is 10.0. The van der Waals surface area contributed by atoms with Crippen molar-refractivity contribution in [1.29, 1.82) is 0 Å². The van der Waals surface area contributed by atoms with E-state index in [1.165, 1.54) is 4.90 Å². The van der Waals surface area contributed by atoms with E-state index in [1.54, 1.807) is 49.3 Å². The fraction of sp³-hybridized carbons (Fsp3) is 0.459. The average molecular weight is 737 g/mol. The van der Waals surface area contributed by atoms with Crippen molar-refractivity contribution in [2.24, 2.45) is 17.8 Å². The van der Waals surface area contributed by atoms with Gasteiger partial charge in [0.15, 0.2) is 0 Å². The van der Waals surface area contributed by atoms with E-state index in [4.69, 9.17) is 14.2 Å². The van der Waals surface area contributed by atoms with E-state index in [1.807, 2.05) is 56.3 Å². The first-order chi connectivity index (χ1) is 23.5. The van der Waals surface area contributed by atoms with Crippen LogP contribution in [0.2, 0.25) is 0 Å². The Bertz CT molecular complexity index is 1650. The summed E-state index contributed by atoms with van der Waals surface area (Å²) in [6.45, 7) is 5.26. The number of aliphatic hydroxyl groups excluding tert-OH is 1. The van der Waals surface area contributed by atoms with Gasteiger partial charge in [0, 0.05) is 23.1 Å². The number of carbonyl (C=O) groups excluding carboxylic acids is 4. The predicted octanol–water partition coefficient (Wildman–Crippen LogP) is 4.06. The molecule has 6 rings (SSSR count). The maximum absolute atomic E-state index is 15.1. The third kappa shape index (κ3) is 6.19. The minimum Gasteiger partial charge on any atom is -0.497 e. The van der Waals surface area contributed by atoms with E-state index in [9.17, 15) is 19.5 Å². The molecule has 12 heteroatoms. The number of halogens is 1. The predicted molar refractivity (Wildman–Crippen MR) is 185 cm³/mol. The van der Waals surface area contributed by atoms with Crippen LogP contribution < -0.4 is 15.0 Å². The van der Waals surface area contributed by atoms with Crippen LogP contribution in [0.1, 0.15) is 45.3 Å². The highest BCUT2D eigenvalue weighted by Crippen LogP contribution is 2.59. The summed E-state index contributed by atoms with van der Waals surface area (Å²) in [6, 6.07) is 13.6. The molecule has 2 N–H and O–H groups in total. The Balaban J connectivity index is 1.50. The van der Waals surface area contributed by atoms with Crippen molar-refractivity contribution in [2.75, 3.05) is 25.2 Å². The van der Waals surface area contributed by atoms with Gasteiger partial charge in [-0.1, -0.05) is 72.3 Å². The number of benzene rings is 2. The number of nitrogens with zero attached hydrogens (tertiary/aromatic N) is 2. The molecule has 0 unspecified atom stereocenters. The number of methoxy groups -OCH3 is 1. The zero-order valence-corrected chi connectivity index (χ0v) is 29.5. The number of hydrogen-bond donors (Lipinski definition) is 2. The van der Waals surface area contributed by atoms with Gasteiger partial charge < -0.3 is 34.4 Å². The monoisotopic (exact) mass is 735 g/mol. The zero-order chi connectivity index (χ0) is 35.0. The molecular formula is C37H42BrN3O8. The Labute approximate surface area is 294 Å². The van der Waals surface area contributed by atoms with Gasteiger partial charge in [0.25, 0.3) is 5.91 Å². The second kappa shape index (κ2) is 14.1. The summed E-state index contributed by atoms with van der Waals surface area (Å²) in [5.74, 6) is -3.62. The third-order valence-corrected chi connectivity index (χ3v) is 10.7. The molecule has 1 spiro atoms. The van der Waals surface area contributed by atoms with E-state index in [2.05, 4.69) is 21.2 Å². The Hall–Kier alpha value is -4.00. The number of hydrogen-bond acceptors (Lipinski definition) is 8. The van der Waals surface area contributed by atoms with Crippen molar-refractivity contribution >= 4 is 45.3 Å². The lowest BCUT2D eigenvalue weighted by Gasteiger charge is -2.40. The Morgan fingerprint density at radius 2 is 1.73 bits per heavy atom. The maximum Gasteiger partial charge on any atom is 0.313 e. The summed E-state index contributed by atoms with van der Waals surface area (Å²) < 4.78 is 18.8. The molecule has 0 radical (unpaired) electrons. The summed E-state index contributed by atoms with van der Waals surface area (Å²) in [4.78, 5) is 60.3. The number of carbonyl (C=O) groups is 4. The van der Waals surface area contributed by atoms with Crippen LogP contribution in [-0.2, 0) is 28.7 Å². The van der Waals surface area contributed by atoms with Crippen LogP contribution in [-0.4, -0.2) is 83.8 Å². The number of amides is 3. The van der Waals surface area contributed by atoms with E-state index < -0.39 is 72.2 Å². The molecule has 4 aliphatic rings. The summed E-state index contributed by atoms with van der Waals surface area (Å²) in [5.41, 5.74) is -0.291. The smallest absolute Gasteiger partial charge is 0.313 e. The summed E-state index contributed by atoms with van der Waals surface area (Å²) in [5, 5.41) is 13.6. The molecule has 2 aromatic rings. The highest BCUT2D eigenvalue weighted by atomic mass is 79.9. The first-order valence-electron chi connectivity index (χ1n) is 16.7. The van der Waals surface area contributed by atoms with Crippen molar-refractivity contribution < 1.29 is 38.5 Å². The van der Waals surface area contributed by atoms with E-state index in [-0.39, 0.29) is 24.8 Å². The van der Waals surface area contributed by atoms with Crippen molar-refractivity contribution in [3.05, 3.63) is 82.9 Å². The van der Waals surface area contributed by atoms with Gasteiger partial charge in [-0.2, -0.15) is 0 Å². The lowest BCUT2D eigenvalue weighted by molar-refractivity contribution is -0.162. The quantitative estimate of drug-likeness (QED) is 0.335. The Morgan fingerprint density at radius 1 is 1.02 bits per heavy atom. The van der Waals surface area contributed by atoms with Gasteiger partial charge in [0.05, 0.1) is 31.7 Å². The molecule has 11 nitrogen and oxygen atoms in total. The normalized spacial score (nSPS) is 31.7. The Morgan fingerprint density at radius 3 is 2.39 bits per heavy atom. The molecule has 0 saturated carbocycles. The molecule has 2 fully saturated rings. The molecule has 2 aromatic carbocycles. The lowest BCUT2D eigenvalue weighted by atomic mass is 9.74. The molecule has 0 aromatic heterocycles. The number of cyclic esters (lactones) is 1. The van der Waals surface area contributed by atoms with Gasteiger partial charge in [-0.25, -0.2) is 0 Å². The maximum atomic E-state index is 15.1. The first-order valence-corrected chi connectivity index (χ1v) is 17.5. The average Bonchev–Trinajstić information content (AvgIpc) is 3.68. The number of aliphatic hydroxyl groups is 1. The van der Waals surface area contributed by atoms with Crippen molar-refractivity contribution in [1.82, 2.24) is 10.2 Å². The summed E-state index contributed by atoms with van der Waals surface area (Å²) in [6.07, 6.45) is 4.26. The lowest BCUT2D eigenvalue weighted by Crippen LogP contribution is -2.59. The fourth-order valence-corrected chi connectivity index (χ4v) is 8.37. The number of esters is 1. The molecule has 8 atom stereocenters. The van der Waals surface area contributed by atoms with Crippen molar-refractivity contribution in [2.45, 2.75) is 69.5 Å². The van der Waals surface area contributed by atoms with Gasteiger partial charge >= 0.3 is 5.97 Å². The van der Waals surface area contributed by atoms with E-state index in [0.717, 1.165) is 0 Å². The van der Waals surface area contributed by atoms with Gasteiger partial charge in [0.1, 0.15) is 35.5 Å². The Kier molecular flexibility index (Phi) is 10.0. The number of allylic oxidation sites excluding steroid dienone is 1. The standard InChI is InChI=1S/C37H42BrN3O8/c1-21(2)27(20-42)41-33-35(45)40(24-14-16-25(47-4)17-15-24)18-10-6-9-13-28(43)39-22(3)31(23-11-7-5-8-12-23)48-36(46)29-30(34(41)44)37(33)19-26(38)32(29)49-37/h5-8,10-12,14-17,19,21-22,27,29-33,42H,9,13,18,20H2,1-4H3,(H,39,43)/b10-6-/t22-,27-,29+,30-,31+,32+,33+,37-/m0/s1. The van der Waals surface area contributed by atoms with Gasteiger partial charge in [-0.15, -0.1) is 0 Å². The fourth-order valence-electron chi connectivity index (χ4n) is 7.63. The van der Waals surface area contributed by atoms with Gasteiger partial charge in [-0.05, 0) is 55.2 Å². The summed E-state index contributed by atoms with van der Waals surface area (Å²) in [7, 11) is 1.55. The first kappa shape index (κ1) is 34.8. The highest BCUT2D eigenvalue weighted by molar-refractivity contribution is 9.11. The molecule has 2 saturated heterocycles. The van der Waals surface area contributed by atoms with Crippen LogP contribution in [0.4, 0.5) is 5.69 Å². The zero-order valence-electron chi connectivity index (χ0n) is 28.0.